The maximum absolute atomic E-state index is 10.6. The Balaban J connectivity index is 3.77. The van der Waals surface area contributed by atoms with E-state index in [0.29, 0.717) is 0 Å². The van der Waals surface area contributed by atoms with E-state index in [0.717, 1.165) is 0 Å². The third-order valence-corrected chi connectivity index (χ3v) is 1.21. The zero-order valence-electron chi connectivity index (χ0n) is 6.55. The van der Waals surface area contributed by atoms with Gasteiger partial charge in [0.15, 0.2) is 0 Å². The van der Waals surface area contributed by atoms with Crippen LogP contribution in [0.15, 0.2) is 0 Å². The van der Waals surface area contributed by atoms with Gasteiger partial charge in [0.05, 0.1) is 6.42 Å². The number of likely N-dealkylation sites (N-methyl/N-ethyl adjacent to an activating group) is 1. The average molecular weight is 160 g/mol. The van der Waals surface area contributed by atoms with Crippen molar-refractivity contribution < 1.29 is 14.7 Å². The van der Waals surface area contributed by atoms with Gasteiger partial charge < -0.3 is 15.7 Å². The molecular weight excluding hydrogens is 148 g/mol. The van der Waals surface area contributed by atoms with E-state index in [-0.39, 0.29) is 12.3 Å². The van der Waals surface area contributed by atoms with Crippen molar-refractivity contribution in [2.75, 3.05) is 14.1 Å². The van der Waals surface area contributed by atoms with Crippen LogP contribution in [0.1, 0.15) is 6.42 Å². The fourth-order valence-electron chi connectivity index (χ4n) is 0.537. The number of aliphatic hydroxyl groups excluding tert-OH is 1. The first kappa shape index (κ1) is 9.90. The van der Waals surface area contributed by atoms with Gasteiger partial charge in [-0.1, -0.05) is 0 Å². The molecule has 0 bridgehead atoms. The van der Waals surface area contributed by atoms with Crippen molar-refractivity contribution in [1.29, 1.82) is 0 Å². The first-order valence-electron chi connectivity index (χ1n) is 3.22. The zero-order valence-corrected chi connectivity index (χ0v) is 6.55. The molecule has 0 aromatic carbocycles. The largest absolute Gasteiger partial charge is 0.383 e. The Kier molecular flexibility index (Phi) is 4.21. The summed E-state index contributed by atoms with van der Waals surface area (Å²) in [5.41, 5.74) is 0. The van der Waals surface area contributed by atoms with Crippen LogP contribution in [0.3, 0.4) is 0 Å². The lowest BCUT2D eigenvalue weighted by molar-refractivity contribution is -0.134. The van der Waals surface area contributed by atoms with Crippen molar-refractivity contribution in [1.82, 2.24) is 10.6 Å². The Bertz CT molecular complexity index is 158. The van der Waals surface area contributed by atoms with Crippen molar-refractivity contribution in [3.63, 3.8) is 0 Å². The molecule has 0 aromatic rings. The Labute approximate surface area is 64.8 Å². The molecule has 3 N–H and O–H groups in total. The fraction of sp³-hybridized carbons (Fsp3) is 0.667. The highest BCUT2D eigenvalue weighted by molar-refractivity contribution is 5.86. The smallest absolute Gasteiger partial charge is 0.249 e. The minimum atomic E-state index is -1.25. The molecule has 0 spiro atoms. The molecule has 0 heterocycles. The molecule has 64 valence electrons. The van der Waals surface area contributed by atoms with Gasteiger partial charge >= 0.3 is 0 Å². The predicted molar refractivity (Wildman–Crippen MR) is 38.8 cm³/mol. The molecule has 0 aliphatic heterocycles. The molecule has 0 saturated heterocycles. The van der Waals surface area contributed by atoms with Gasteiger partial charge in [-0.25, -0.2) is 0 Å². The van der Waals surface area contributed by atoms with Gasteiger partial charge in [-0.15, -0.1) is 0 Å². The molecule has 0 radical (unpaired) electrons. The standard InChI is InChI=1S/C6H12N2O3/c1-7-5(10)3-4(9)6(11)8-2/h4,9H,3H2,1-2H3,(H,7,10)(H,8,11)/t4-/m1/s1. The molecule has 11 heavy (non-hydrogen) atoms. The van der Waals surface area contributed by atoms with Gasteiger partial charge in [0.25, 0.3) is 0 Å². The summed E-state index contributed by atoms with van der Waals surface area (Å²) in [5.74, 6) is -0.908. The van der Waals surface area contributed by atoms with Crippen LogP contribution in [0.4, 0.5) is 0 Å². The van der Waals surface area contributed by atoms with E-state index in [4.69, 9.17) is 5.11 Å². The molecule has 1 atom stereocenters. The lowest BCUT2D eigenvalue weighted by Crippen LogP contribution is -2.35. The van der Waals surface area contributed by atoms with Gasteiger partial charge in [-0.05, 0) is 0 Å². The number of rotatable bonds is 3. The summed E-state index contributed by atoms with van der Waals surface area (Å²) in [6, 6.07) is 0. The molecular formula is C6H12N2O3. The van der Waals surface area contributed by atoms with E-state index in [1.54, 1.807) is 0 Å². The second kappa shape index (κ2) is 4.68. The summed E-state index contributed by atoms with van der Waals surface area (Å²) in [7, 11) is 2.84. The molecule has 0 rings (SSSR count). The normalized spacial score (nSPS) is 11.9. The van der Waals surface area contributed by atoms with Gasteiger partial charge in [-0.3, -0.25) is 9.59 Å². The Morgan fingerprint density at radius 2 is 1.91 bits per heavy atom. The fourth-order valence-corrected chi connectivity index (χ4v) is 0.537. The van der Waals surface area contributed by atoms with Gasteiger partial charge in [-0.2, -0.15) is 0 Å². The van der Waals surface area contributed by atoms with E-state index in [1.165, 1.54) is 14.1 Å². The van der Waals surface area contributed by atoms with E-state index >= 15 is 0 Å². The number of carbonyl (C=O) groups excluding carboxylic acids is 2. The predicted octanol–water partition coefficient (Wildman–Crippen LogP) is -1.77. The highest BCUT2D eigenvalue weighted by atomic mass is 16.3. The quantitative estimate of drug-likeness (QED) is 0.457. The SMILES string of the molecule is CNC(=O)C[C@@H](O)C(=O)NC. The molecule has 0 unspecified atom stereocenters. The van der Waals surface area contributed by atoms with Crippen molar-refractivity contribution in [2.45, 2.75) is 12.5 Å². The molecule has 0 aliphatic rings. The monoisotopic (exact) mass is 160 g/mol. The van der Waals surface area contributed by atoms with Crippen LogP contribution in [-0.4, -0.2) is 37.1 Å². The Morgan fingerprint density at radius 3 is 2.27 bits per heavy atom. The van der Waals surface area contributed by atoms with Gasteiger partial charge in [0.1, 0.15) is 6.10 Å². The van der Waals surface area contributed by atoms with Crippen LogP contribution in [0.2, 0.25) is 0 Å². The van der Waals surface area contributed by atoms with E-state index in [9.17, 15) is 9.59 Å². The summed E-state index contributed by atoms with van der Waals surface area (Å²) in [5, 5.41) is 13.5. The summed E-state index contributed by atoms with van der Waals surface area (Å²) in [6.45, 7) is 0. The third-order valence-electron chi connectivity index (χ3n) is 1.21. The Morgan fingerprint density at radius 1 is 1.36 bits per heavy atom. The molecule has 5 heteroatoms. The number of amides is 2. The summed E-state index contributed by atoms with van der Waals surface area (Å²) >= 11 is 0. The molecule has 2 amide bonds. The lowest BCUT2D eigenvalue weighted by atomic mass is 10.2. The highest BCUT2D eigenvalue weighted by Gasteiger charge is 2.15. The van der Waals surface area contributed by atoms with Crippen molar-refractivity contribution >= 4 is 11.8 Å². The molecule has 0 aromatic heterocycles. The first-order valence-corrected chi connectivity index (χ1v) is 3.22. The molecule has 0 fully saturated rings. The second-order valence-electron chi connectivity index (χ2n) is 2.01. The minimum absolute atomic E-state index is 0.198. The molecule has 0 saturated carbocycles. The summed E-state index contributed by atoms with van der Waals surface area (Å²) in [6.07, 6.45) is -1.45. The number of carbonyl (C=O) groups is 2. The number of nitrogens with one attached hydrogen (secondary N) is 2. The van der Waals surface area contributed by atoms with Crippen molar-refractivity contribution in [3.05, 3.63) is 0 Å². The maximum atomic E-state index is 10.6. The van der Waals surface area contributed by atoms with Gasteiger partial charge in [0, 0.05) is 14.1 Å². The Hall–Kier alpha value is -1.10. The number of hydrogen-bond donors (Lipinski definition) is 3. The van der Waals surface area contributed by atoms with Crippen LogP contribution >= 0.6 is 0 Å². The van der Waals surface area contributed by atoms with Crippen LogP contribution in [0, 0.1) is 0 Å². The van der Waals surface area contributed by atoms with Crippen molar-refractivity contribution in [2.24, 2.45) is 0 Å². The average Bonchev–Trinajstić information content (AvgIpc) is 2.02. The maximum Gasteiger partial charge on any atom is 0.249 e. The molecule has 5 nitrogen and oxygen atoms in total. The third kappa shape index (κ3) is 3.57. The topological polar surface area (TPSA) is 78.4 Å². The van der Waals surface area contributed by atoms with Crippen LogP contribution in [-0.2, 0) is 9.59 Å². The number of hydrogen-bond acceptors (Lipinski definition) is 3. The van der Waals surface area contributed by atoms with E-state index in [2.05, 4.69) is 10.6 Å². The minimum Gasteiger partial charge on any atom is -0.383 e. The van der Waals surface area contributed by atoms with E-state index in [1.807, 2.05) is 0 Å². The van der Waals surface area contributed by atoms with Crippen molar-refractivity contribution in [3.8, 4) is 0 Å². The molecule has 0 aliphatic carbocycles. The highest BCUT2D eigenvalue weighted by Crippen LogP contribution is 1.89. The zero-order chi connectivity index (χ0) is 8.85. The van der Waals surface area contributed by atoms with Crippen LogP contribution < -0.4 is 10.6 Å². The van der Waals surface area contributed by atoms with Crippen LogP contribution in [0.25, 0.3) is 0 Å². The summed E-state index contributed by atoms with van der Waals surface area (Å²) in [4.78, 5) is 21.2. The first-order chi connectivity index (χ1) is 5.11. The number of aliphatic hydroxyl groups is 1. The summed E-state index contributed by atoms with van der Waals surface area (Å²) < 4.78 is 0. The lowest BCUT2D eigenvalue weighted by Gasteiger charge is -2.06. The van der Waals surface area contributed by atoms with E-state index < -0.39 is 12.0 Å². The second-order valence-corrected chi connectivity index (χ2v) is 2.01. The van der Waals surface area contributed by atoms with Crippen LogP contribution in [0.5, 0.6) is 0 Å². The van der Waals surface area contributed by atoms with Gasteiger partial charge in [0.2, 0.25) is 11.8 Å².